The van der Waals surface area contributed by atoms with Gasteiger partial charge >= 0.3 is 0 Å². The molecule has 132 valence electrons. The summed E-state index contributed by atoms with van der Waals surface area (Å²) in [6.45, 7) is 2.38. The van der Waals surface area contributed by atoms with E-state index in [0.29, 0.717) is 12.0 Å². The van der Waals surface area contributed by atoms with Gasteiger partial charge in [-0.25, -0.2) is 0 Å². The van der Waals surface area contributed by atoms with Crippen molar-refractivity contribution >= 4 is 23.4 Å². The van der Waals surface area contributed by atoms with Crippen LogP contribution in [0.2, 0.25) is 0 Å². The summed E-state index contributed by atoms with van der Waals surface area (Å²) in [5.41, 5.74) is 1.78. The first-order valence-corrected chi connectivity index (χ1v) is 9.77. The van der Waals surface area contributed by atoms with Gasteiger partial charge in [0.15, 0.2) is 5.16 Å². The predicted molar refractivity (Wildman–Crippen MR) is 97.3 cm³/mol. The molecular formula is C18H22N4O2S. The SMILES string of the molecule is CC(=O)Nc1cccc(-n2c(SCC3CCCO3)nnc2C2CC2)c1. The maximum Gasteiger partial charge on any atom is 0.221 e. The topological polar surface area (TPSA) is 69.0 Å². The zero-order chi connectivity index (χ0) is 17.2. The Morgan fingerprint density at radius 1 is 1.36 bits per heavy atom. The number of nitrogens with one attached hydrogen (secondary N) is 1. The van der Waals surface area contributed by atoms with Crippen molar-refractivity contribution in [2.75, 3.05) is 17.7 Å². The fourth-order valence-electron chi connectivity index (χ4n) is 3.09. The standard InChI is InChI=1S/C18H22N4O2S/c1-12(23)19-14-4-2-5-15(10-14)22-17(13-7-8-13)20-21-18(22)25-11-16-6-3-9-24-16/h2,4-5,10,13,16H,3,6-9,11H2,1H3,(H,19,23). The highest BCUT2D eigenvalue weighted by Gasteiger charge is 2.31. The zero-order valence-electron chi connectivity index (χ0n) is 14.3. The number of ether oxygens (including phenoxy) is 1. The minimum atomic E-state index is -0.0729. The molecular weight excluding hydrogens is 336 g/mol. The van der Waals surface area contributed by atoms with E-state index < -0.39 is 0 Å². The van der Waals surface area contributed by atoms with E-state index in [9.17, 15) is 4.79 Å². The molecule has 0 radical (unpaired) electrons. The summed E-state index contributed by atoms with van der Waals surface area (Å²) >= 11 is 1.70. The van der Waals surface area contributed by atoms with Crippen molar-refractivity contribution in [2.24, 2.45) is 0 Å². The number of anilines is 1. The lowest BCUT2D eigenvalue weighted by Gasteiger charge is -2.13. The van der Waals surface area contributed by atoms with Crippen LogP contribution in [0, 0.1) is 0 Å². The summed E-state index contributed by atoms with van der Waals surface area (Å²) in [6, 6.07) is 7.86. The first-order chi connectivity index (χ1) is 12.2. The third-order valence-corrected chi connectivity index (χ3v) is 5.51. The zero-order valence-corrected chi connectivity index (χ0v) is 15.1. The third-order valence-electron chi connectivity index (χ3n) is 4.45. The average molecular weight is 358 g/mol. The van der Waals surface area contributed by atoms with Gasteiger partial charge in [-0.2, -0.15) is 0 Å². The van der Waals surface area contributed by atoms with E-state index in [2.05, 4.69) is 20.1 Å². The van der Waals surface area contributed by atoms with Gasteiger partial charge in [0.1, 0.15) is 5.82 Å². The third kappa shape index (κ3) is 3.88. The van der Waals surface area contributed by atoms with E-state index in [1.165, 1.54) is 19.8 Å². The molecule has 7 heteroatoms. The van der Waals surface area contributed by atoms with E-state index in [-0.39, 0.29) is 5.91 Å². The summed E-state index contributed by atoms with van der Waals surface area (Å²) in [4.78, 5) is 11.4. The van der Waals surface area contributed by atoms with Gasteiger partial charge in [0.25, 0.3) is 0 Å². The summed E-state index contributed by atoms with van der Waals surface area (Å²) in [6.07, 6.45) is 4.91. The van der Waals surface area contributed by atoms with Gasteiger partial charge in [0.05, 0.1) is 11.8 Å². The highest BCUT2D eigenvalue weighted by molar-refractivity contribution is 7.99. The molecule has 1 saturated carbocycles. The number of benzene rings is 1. The Morgan fingerprint density at radius 2 is 2.24 bits per heavy atom. The number of thioether (sulfide) groups is 1. The second-order valence-corrected chi connectivity index (χ2v) is 7.62. The van der Waals surface area contributed by atoms with E-state index in [0.717, 1.165) is 47.6 Å². The van der Waals surface area contributed by atoms with E-state index in [1.807, 2.05) is 24.3 Å². The Morgan fingerprint density at radius 3 is 2.96 bits per heavy atom. The smallest absolute Gasteiger partial charge is 0.221 e. The lowest BCUT2D eigenvalue weighted by molar-refractivity contribution is -0.114. The quantitative estimate of drug-likeness (QED) is 0.802. The second-order valence-electron chi connectivity index (χ2n) is 6.63. The van der Waals surface area contributed by atoms with Crippen LogP contribution in [0.25, 0.3) is 5.69 Å². The molecule has 1 aliphatic heterocycles. The normalized spacial score (nSPS) is 20.0. The average Bonchev–Trinajstić information content (AvgIpc) is 3.14. The number of aromatic nitrogens is 3. The molecule has 1 aromatic carbocycles. The molecule has 0 spiro atoms. The van der Waals surface area contributed by atoms with Crippen LogP contribution in [0.4, 0.5) is 5.69 Å². The van der Waals surface area contributed by atoms with E-state index >= 15 is 0 Å². The molecule has 1 saturated heterocycles. The van der Waals surface area contributed by atoms with Gasteiger partial charge in [0, 0.05) is 30.9 Å². The summed E-state index contributed by atoms with van der Waals surface area (Å²) in [7, 11) is 0. The van der Waals surface area contributed by atoms with Gasteiger partial charge in [-0.1, -0.05) is 17.8 Å². The fourth-order valence-corrected chi connectivity index (χ4v) is 4.12. The van der Waals surface area contributed by atoms with Crippen molar-refractivity contribution in [3.05, 3.63) is 30.1 Å². The van der Waals surface area contributed by atoms with Crippen molar-refractivity contribution in [3.8, 4) is 5.69 Å². The molecule has 0 bridgehead atoms. The van der Waals surface area contributed by atoms with Crippen molar-refractivity contribution in [2.45, 2.75) is 49.8 Å². The number of hydrogen-bond donors (Lipinski definition) is 1. The van der Waals surface area contributed by atoms with Crippen LogP contribution in [0.5, 0.6) is 0 Å². The first kappa shape index (κ1) is 16.6. The molecule has 2 heterocycles. The van der Waals surface area contributed by atoms with Crippen LogP contribution >= 0.6 is 11.8 Å². The lowest BCUT2D eigenvalue weighted by Crippen LogP contribution is -2.10. The van der Waals surface area contributed by atoms with Gasteiger partial charge in [0.2, 0.25) is 5.91 Å². The van der Waals surface area contributed by atoms with Gasteiger partial charge < -0.3 is 10.1 Å². The van der Waals surface area contributed by atoms with Crippen molar-refractivity contribution in [1.29, 1.82) is 0 Å². The van der Waals surface area contributed by atoms with Crippen molar-refractivity contribution in [1.82, 2.24) is 14.8 Å². The molecule has 2 aromatic rings. The molecule has 1 aliphatic carbocycles. The van der Waals surface area contributed by atoms with Crippen LogP contribution < -0.4 is 5.32 Å². The van der Waals surface area contributed by atoms with Crippen LogP contribution in [0.1, 0.15) is 44.3 Å². The molecule has 25 heavy (non-hydrogen) atoms. The summed E-state index contributed by atoms with van der Waals surface area (Å²) in [5.74, 6) is 2.34. The largest absolute Gasteiger partial charge is 0.377 e. The molecule has 1 amide bonds. The number of rotatable bonds is 6. The molecule has 1 atom stereocenters. The molecule has 2 aliphatic rings. The summed E-state index contributed by atoms with van der Waals surface area (Å²) in [5, 5.41) is 12.6. The number of amides is 1. The molecule has 1 unspecified atom stereocenters. The minimum Gasteiger partial charge on any atom is -0.377 e. The Balaban J connectivity index is 1.62. The number of hydrogen-bond acceptors (Lipinski definition) is 5. The molecule has 1 N–H and O–H groups in total. The van der Waals surface area contributed by atoms with E-state index in [4.69, 9.17) is 4.74 Å². The fraction of sp³-hybridized carbons (Fsp3) is 0.500. The number of nitrogens with zero attached hydrogens (tertiary/aromatic N) is 3. The monoisotopic (exact) mass is 358 g/mol. The maximum absolute atomic E-state index is 11.4. The first-order valence-electron chi connectivity index (χ1n) is 8.78. The maximum atomic E-state index is 11.4. The van der Waals surface area contributed by atoms with Crippen LogP contribution in [-0.2, 0) is 9.53 Å². The second kappa shape index (κ2) is 7.17. The highest BCUT2D eigenvalue weighted by Crippen LogP contribution is 2.41. The van der Waals surface area contributed by atoms with Crippen LogP contribution in [-0.4, -0.2) is 39.1 Å². The Kier molecular flexibility index (Phi) is 4.76. The number of carbonyl (C=O) groups excluding carboxylic acids is 1. The van der Waals surface area contributed by atoms with Gasteiger partial charge in [-0.05, 0) is 43.9 Å². The van der Waals surface area contributed by atoms with Gasteiger partial charge in [-0.15, -0.1) is 10.2 Å². The van der Waals surface area contributed by atoms with E-state index in [1.54, 1.807) is 11.8 Å². The van der Waals surface area contributed by atoms with Crippen molar-refractivity contribution < 1.29 is 9.53 Å². The predicted octanol–water partition coefficient (Wildman–Crippen LogP) is 3.37. The Hall–Kier alpha value is -1.86. The lowest BCUT2D eigenvalue weighted by atomic mass is 10.2. The highest BCUT2D eigenvalue weighted by atomic mass is 32.2. The number of carbonyl (C=O) groups is 1. The molecule has 4 rings (SSSR count). The summed E-state index contributed by atoms with van der Waals surface area (Å²) < 4.78 is 7.87. The Bertz CT molecular complexity index is 766. The Labute approximate surface area is 151 Å². The molecule has 1 aromatic heterocycles. The molecule has 2 fully saturated rings. The van der Waals surface area contributed by atoms with Gasteiger partial charge in [-0.3, -0.25) is 9.36 Å². The minimum absolute atomic E-state index is 0.0729. The van der Waals surface area contributed by atoms with Crippen LogP contribution in [0.15, 0.2) is 29.4 Å². The molecule has 6 nitrogen and oxygen atoms in total. The van der Waals surface area contributed by atoms with Crippen molar-refractivity contribution in [3.63, 3.8) is 0 Å². The van der Waals surface area contributed by atoms with Crippen LogP contribution in [0.3, 0.4) is 0 Å².